The Bertz CT molecular complexity index is 652. The Morgan fingerprint density at radius 2 is 2.20 bits per heavy atom. The number of aromatic nitrogens is 1. The van der Waals surface area contributed by atoms with Crippen LogP contribution in [0.4, 0.5) is 16.0 Å². The number of nitrogen functional groups attached to an aromatic ring is 1. The van der Waals surface area contributed by atoms with Crippen molar-refractivity contribution in [2.24, 2.45) is 5.92 Å². The highest BCUT2D eigenvalue weighted by Gasteiger charge is 2.24. The number of hydrogen-bond donors (Lipinski definition) is 1. The second-order valence-electron chi connectivity index (χ2n) is 4.89. The van der Waals surface area contributed by atoms with Gasteiger partial charge in [-0.3, -0.25) is 10.1 Å². The zero-order valence-corrected chi connectivity index (χ0v) is 11.1. The van der Waals surface area contributed by atoms with Gasteiger partial charge in [-0.2, -0.15) is 0 Å². The highest BCUT2D eigenvalue weighted by atomic mass is 19.1. The monoisotopic (exact) mass is 279 g/mol. The molecular weight excluding hydrogens is 265 g/mol. The largest absolute Gasteiger partial charge is 0.367 e. The Morgan fingerprint density at radius 1 is 1.50 bits per heavy atom. The molecule has 7 heteroatoms. The lowest BCUT2D eigenvalue weighted by atomic mass is 9.98. The standard InChI is InChI=1S/C13H14FN3O3/c1-7(2)5-10-12(16-20-13(10)15)9-4-3-8(14)6-11(9)17(18)19/h3-4,6-7H,5,15H2,1-2H3. The Hall–Kier alpha value is -2.44. The van der Waals surface area contributed by atoms with Gasteiger partial charge >= 0.3 is 0 Å². The fraction of sp³-hybridized carbons (Fsp3) is 0.308. The second kappa shape index (κ2) is 5.28. The number of benzene rings is 1. The zero-order valence-electron chi connectivity index (χ0n) is 11.1. The maximum absolute atomic E-state index is 13.2. The average molecular weight is 279 g/mol. The molecule has 2 rings (SSSR count). The number of rotatable bonds is 4. The van der Waals surface area contributed by atoms with E-state index in [1.807, 2.05) is 13.8 Å². The van der Waals surface area contributed by atoms with Gasteiger partial charge in [0.2, 0.25) is 5.88 Å². The van der Waals surface area contributed by atoms with E-state index in [9.17, 15) is 14.5 Å². The van der Waals surface area contributed by atoms with E-state index < -0.39 is 10.7 Å². The van der Waals surface area contributed by atoms with E-state index in [4.69, 9.17) is 10.3 Å². The van der Waals surface area contributed by atoms with Crippen LogP contribution in [0, 0.1) is 21.8 Å². The minimum absolute atomic E-state index is 0.132. The third-order valence-corrected chi connectivity index (χ3v) is 2.84. The van der Waals surface area contributed by atoms with Crippen LogP contribution in [0.5, 0.6) is 0 Å². The summed E-state index contributed by atoms with van der Waals surface area (Å²) in [5, 5.41) is 14.8. The smallest absolute Gasteiger partial charge is 0.281 e. The van der Waals surface area contributed by atoms with Gasteiger partial charge in [-0.15, -0.1) is 0 Å². The summed E-state index contributed by atoms with van der Waals surface area (Å²) < 4.78 is 18.1. The van der Waals surface area contributed by atoms with Gasteiger partial charge in [0, 0.05) is 5.56 Å². The van der Waals surface area contributed by atoms with Gasteiger partial charge in [-0.05, 0) is 24.5 Å². The number of nitro benzene ring substituents is 1. The van der Waals surface area contributed by atoms with Gasteiger partial charge < -0.3 is 10.3 Å². The number of nitrogens with two attached hydrogens (primary N) is 1. The van der Waals surface area contributed by atoms with Crippen LogP contribution in [-0.2, 0) is 6.42 Å². The Morgan fingerprint density at radius 3 is 2.80 bits per heavy atom. The van der Waals surface area contributed by atoms with Crippen molar-refractivity contribution in [3.8, 4) is 11.3 Å². The number of hydrogen-bond acceptors (Lipinski definition) is 5. The molecule has 0 fully saturated rings. The van der Waals surface area contributed by atoms with Crippen molar-refractivity contribution in [3.63, 3.8) is 0 Å². The van der Waals surface area contributed by atoms with Crippen LogP contribution in [0.1, 0.15) is 19.4 Å². The minimum atomic E-state index is -0.678. The molecule has 0 saturated heterocycles. The van der Waals surface area contributed by atoms with Crippen LogP contribution < -0.4 is 5.73 Å². The average Bonchev–Trinajstić information content (AvgIpc) is 2.70. The van der Waals surface area contributed by atoms with E-state index in [2.05, 4.69) is 5.16 Å². The maximum Gasteiger partial charge on any atom is 0.281 e. The SMILES string of the molecule is CC(C)Cc1c(-c2ccc(F)cc2[N+](=O)[O-])noc1N. The lowest BCUT2D eigenvalue weighted by Gasteiger charge is -2.06. The molecule has 20 heavy (non-hydrogen) atoms. The summed E-state index contributed by atoms with van der Waals surface area (Å²) in [5.41, 5.74) is 6.45. The van der Waals surface area contributed by atoms with Gasteiger partial charge in [0.1, 0.15) is 11.5 Å². The predicted octanol–water partition coefficient (Wildman–Crippen LogP) is 3.17. The van der Waals surface area contributed by atoms with Crippen LogP contribution in [0.25, 0.3) is 11.3 Å². The summed E-state index contributed by atoms with van der Waals surface area (Å²) in [6, 6.07) is 3.32. The summed E-state index contributed by atoms with van der Waals surface area (Å²) in [7, 11) is 0. The molecule has 106 valence electrons. The normalized spacial score (nSPS) is 11.0. The van der Waals surface area contributed by atoms with E-state index in [0.29, 0.717) is 17.7 Å². The summed E-state index contributed by atoms with van der Waals surface area (Å²) in [6.45, 7) is 3.96. The third-order valence-electron chi connectivity index (χ3n) is 2.84. The van der Waals surface area contributed by atoms with Crippen molar-refractivity contribution in [1.82, 2.24) is 5.16 Å². The molecule has 0 aliphatic rings. The fourth-order valence-corrected chi connectivity index (χ4v) is 2.00. The first-order valence-corrected chi connectivity index (χ1v) is 6.08. The second-order valence-corrected chi connectivity index (χ2v) is 4.89. The van der Waals surface area contributed by atoms with Gasteiger partial charge in [0.25, 0.3) is 5.69 Å². The molecule has 1 aromatic heterocycles. The van der Waals surface area contributed by atoms with Gasteiger partial charge in [0.05, 0.1) is 16.6 Å². The van der Waals surface area contributed by atoms with Crippen molar-refractivity contribution in [1.29, 1.82) is 0 Å². The van der Waals surface area contributed by atoms with E-state index in [0.717, 1.165) is 12.1 Å². The first-order chi connectivity index (χ1) is 9.40. The lowest BCUT2D eigenvalue weighted by Crippen LogP contribution is -2.00. The Balaban J connectivity index is 2.60. The number of nitrogens with zero attached hydrogens (tertiary/aromatic N) is 2. The summed E-state index contributed by atoms with van der Waals surface area (Å²) in [5.74, 6) is -0.274. The zero-order chi connectivity index (χ0) is 14.9. The molecule has 0 atom stereocenters. The van der Waals surface area contributed by atoms with Gasteiger partial charge in [-0.25, -0.2) is 4.39 Å². The highest BCUT2D eigenvalue weighted by molar-refractivity contribution is 5.75. The molecule has 1 aromatic carbocycles. The van der Waals surface area contributed by atoms with Gasteiger partial charge in [-0.1, -0.05) is 19.0 Å². The fourth-order valence-electron chi connectivity index (χ4n) is 2.00. The summed E-state index contributed by atoms with van der Waals surface area (Å²) in [4.78, 5) is 10.4. The van der Waals surface area contributed by atoms with Crippen molar-refractivity contribution in [2.45, 2.75) is 20.3 Å². The summed E-state index contributed by atoms with van der Waals surface area (Å²) in [6.07, 6.45) is 0.569. The van der Waals surface area contributed by atoms with E-state index >= 15 is 0 Å². The van der Waals surface area contributed by atoms with Crippen LogP contribution in [0.2, 0.25) is 0 Å². The minimum Gasteiger partial charge on any atom is -0.367 e. The lowest BCUT2D eigenvalue weighted by molar-refractivity contribution is -0.384. The highest BCUT2D eigenvalue weighted by Crippen LogP contribution is 2.35. The molecule has 0 amide bonds. The molecule has 0 saturated carbocycles. The molecule has 6 nitrogen and oxygen atoms in total. The van der Waals surface area contributed by atoms with E-state index in [-0.39, 0.29) is 23.1 Å². The molecule has 0 unspecified atom stereocenters. The predicted molar refractivity (Wildman–Crippen MR) is 71.5 cm³/mol. The quantitative estimate of drug-likeness (QED) is 0.685. The first-order valence-electron chi connectivity index (χ1n) is 6.08. The van der Waals surface area contributed by atoms with E-state index in [1.165, 1.54) is 6.07 Å². The van der Waals surface area contributed by atoms with Crippen molar-refractivity contribution in [3.05, 3.63) is 39.7 Å². The van der Waals surface area contributed by atoms with Gasteiger partial charge in [0.15, 0.2) is 0 Å². The molecule has 0 aliphatic carbocycles. The van der Waals surface area contributed by atoms with Crippen molar-refractivity contribution < 1.29 is 13.8 Å². The molecule has 0 bridgehead atoms. The number of anilines is 1. The van der Waals surface area contributed by atoms with Crippen molar-refractivity contribution >= 4 is 11.6 Å². The molecule has 0 aliphatic heterocycles. The van der Waals surface area contributed by atoms with Crippen molar-refractivity contribution in [2.75, 3.05) is 5.73 Å². The first kappa shape index (κ1) is 14.0. The molecule has 2 aromatic rings. The maximum atomic E-state index is 13.2. The van der Waals surface area contributed by atoms with Crippen LogP contribution in [0.15, 0.2) is 22.7 Å². The summed E-state index contributed by atoms with van der Waals surface area (Å²) >= 11 is 0. The van der Waals surface area contributed by atoms with Crippen LogP contribution in [0.3, 0.4) is 0 Å². The number of nitro groups is 1. The third kappa shape index (κ3) is 2.61. The molecule has 1 heterocycles. The molecule has 0 spiro atoms. The molecular formula is C13H14FN3O3. The van der Waals surface area contributed by atoms with Crippen LogP contribution >= 0.6 is 0 Å². The Kier molecular flexibility index (Phi) is 3.69. The topological polar surface area (TPSA) is 95.2 Å². The van der Waals surface area contributed by atoms with Crippen LogP contribution in [-0.4, -0.2) is 10.1 Å². The number of halogens is 1. The van der Waals surface area contributed by atoms with E-state index in [1.54, 1.807) is 0 Å². The molecule has 0 radical (unpaired) electrons. The molecule has 2 N–H and O–H groups in total. The Labute approximate surface area is 114 Å².